The monoisotopic (exact) mass is 563 g/mol. The molecule has 0 saturated carbocycles. The molecule has 0 aromatic heterocycles. The lowest BCUT2D eigenvalue weighted by molar-refractivity contribution is -0.197. The van der Waals surface area contributed by atoms with Crippen molar-refractivity contribution in [3.8, 4) is 0 Å². The quantitative estimate of drug-likeness (QED) is 0.537. The van der Waals surface area contributed by atoms with Crippen LogP contribution in [0.25, 0.3) is 0 Å². The summed E-state index contributed by atoms with van der Waals surface area (Å²) in [5, 5.41) is 0. The van der Waals surface area contributed by atoms with Gasteiger partial charge in [0.15, 0.2) is 5.72 Å². The number of fused-ring (bicyclic) bond motifs is 1. The van der Waals surface area contributed by atoms with E-state index >= 15 is 0 Å². The highest BCUT2D eigenvalue weighted by molar-refractivity contribution is 9.10. The molecular weight excluding hydrogens is 534 g/mol. The molecule has 3 aliphatic rings. The first-order valence-electron chi connectivity index (χ1n) is 11.8. The van der Waals surface area contributed by atoms with E-state index in [-0.39, 0.29) is 30.5 Å². The van der Waals surface area contributed by atoms with Crippen LogP contribution in [0.15, 0.2) is 64.0 Å². The summed E-state index contributed by atoms with van der Waals surface area (Å²) in [6, 6.07) is 16.8. The van der Waals surface area contributed by atoms with E-state index in [0.29, 0.717) is 6.54 Å². The number of nitrogens with zero attached hydrogens (tertiary/aromatic N) is 3. The maximum Gasteiger partial charge on any atom is 0.243 e. The molecule has 0 radical (unpaired) electrons. The van der Waals surface area contributed by atoms with Crippen LogP contribution in [0.5, 0.6) is 0 Å². The Morgan fingerprint density at radius 3 is 2.37 bits per heavy atom. The highest BCUT2D eigenvalue weighted by Gasteiger charge is 2.60. The second kappa shape index (κ2) is 9.57. The highest BCUT2D eigenvalue weighted by atomic mass is 79.9. The van der Waals surface area contributed by atoms with Crippen LogP contribution in [0.3, 0.4) is 0 Å². The number of methoxy groups -OCH3 is 1. The van der Waals surface area contributed by atoms with Gasteiger partial charge in [-0.15, -0.1) is 0 Å². The number of amides is 1. The summed E-state index contributed by atoms with van der Waals surface area (Å²) in [7, 11) is -2.32. The van der Waals surface area contributed by atoms with E-state index < -0.39 is 21.3 Å². The van der Waals surface area contributed by atoms with E-state index in [9.17, 15) is 13.2 Å². The SMILES string of the molecule is COCC12CN(S(=O)(=O)c3ccc(Br)cc3)CC(=O)N1CC1(CCN(Cc3ccccc3)CC1)O2. The Morgan fingerprint density at radius 2 is 1.71 bits per heavy atom. The van der Waals surface area contributed by atoms with Gasteiger partial charge in [-0.3, -0.25) is 9.69 Å². The number of likely N-dealkylation sites (tertiary alicyclic amines) is 1. The summed E-state index contributed by atoms with van der Waals surface area (Å²) in [4.78, 5) is 17.6. The Labute approximate surface area is 215 Å². The largest absolute Gasteiger partial charge is 0.380 e. The highest BCUT2D eigenvalue weighted by Crippen LogP contribution is 2.44. The van der Waals surface area contributed by atoms with Gasteiger partial charge in [0, 0.05) is 31.2 Å². The van der Waals surface area contributed by atoms with Crippen LogP contribution in [0.4, 0.5) is 0 Å². The maximum atomic E-state index is 13.4. The zero-order chi connectivity index (χ0) is 24.7. The molecule has 0 N–H and O–H groups in total. The van der Waals surface area contributed by atoms with Crippen LogP contribution in [-0.4, -0.2) is 86.2 Å². The maximum absolute atomic E-state index is 13.4. The Kier molecular flexibility index (Phi) is 6.80. The summed E-state index contributed by atoms with van der Waals surface area (Å²) in [5.41, 5.74) is -0.361. The lowest BCUT2D eigenvalue weighted by atomic mass is 9.91. The Balaban J connectivity index is 1.34. The van der Waals surface area contributed by atoms with Crippen LogP contribution in [0, 0.1) is 0 Å². The molecular formula is C25H30BrN3O5S. The summed E-state index contributed by atoms with van der Waals surface area (Å²) in [5.74, 6) is -0.252. The summed E-state index contributed by atoms with van der Waals surface area (Å²) in [6.07, 6.45) is 1.54. The summed E-state index contributed by atoms with van der Waals surface area (Å²) >= 11 is 3.34. The molecule has 2 aromatic carbocycles. The smallest absolute Gasteiger partial charge is 0.243 e. The molecule has 10 heteroatoms. The van der Waals surface area contributed by atoms with Crippen molar-refractivity contribution < 1.29 is 22.7 Å². The minimum Gasteiger partial charge on any atom is -0.380 e. The van der Waals surface area contributed by atoms with Gasteiger partial charge >= 0.3 is 0 Å². The number of benzene rings is 2. The van der Waals surface area contributed by atoms with Crippen LogP contribution >= 0.6 is 15.9 Å². The molecule has 0 bridgehead atoms. The van der Waals surface area contributed by atoms with Crippen molar-refractivity contribution in [1.82, 2.24) is 14.1 Å². The Bertz CT molecular complexity index is 1170. The molecule has 1 unspecified atom stereocenters. The molecule has 1 spiro atoms. The van der Waals surface area contributed by atoms with Gasteiger partial charge in [0.1, 0.15) is 0 Å². The normalized spacial score (nSPS) is 25.2. The van der Waals surface area contributed by atoms with Gasteiger partial charge in [-0.25, -0.2) is 8.42 Å². The fourth-order valence-electron chi connectivity index (χ4n) is 5.45. The van der Waals surface area contributed by atoms with Gasteiger partial charge in [0.25, 0.3) is 0 Å². The first-order chi connectivity index (χ1) is 16.8. The standard InChI is InChI=1S/C25H30BrN3O5S/c1-33-19-25-18-28(35(31,32)22-9-7-21(26)8-10-22)16-23(30)29(25)17-24(34-25)11-13-27(14-12-24)15-20-5-3-2-4-6-20/h2-10H,11-19H2,1H3. The molecule has 35 heavy (non-hydrogen) atoms. The molecule has 1 amide bonds. The fourth-order valence-corrected chi connectivity index (χ4v) is 7.14. The van der Waals surface area contributed by atoms with E-state index in [1.54, 1.807) is 36.3 Å². The number of ether oxygens (including phenoxy) is 2. The summed E-state index contributed by atoms with van der Waals surface area (Å²) in [6.45, 7) is 2.98. The van der Waals surface area contributed by atoms with Crippen molar-refractivity contribution in [2.75, 3.05) is 46.4 Å². The average molecular weight is 565 g/mol. The lowest BCUT2D eigenvalue weighted by Gasteiger charge is -2.44. The van der Waals surface area contributed by atoms with Gasteiger partial charge in [-0.1, -0.05) is 46.3 Å². The van der Waals surface area contributed by atoms with E-state index in [2.05, 4.69) is 33.0 Å². The topological polar surface area (TPSA) is 79.4 Å². The van der Waals surface area contributed by atoms with Crippen LogP contribution < -0.4 is 0 Å². The number of hydrogen-bond acceptors (Lipinski definition) is 6. The minimum atomic E-state index is -3.87. The number of carbonyl (C=O) groups is 1. The van der Waals surface area contributed by atoms with Gasteiger partial charge in [-0.2, -0.15) is 4.31 Å². The third kappa shape index (κ3) is 4.80. The van der Waals surface area contributed by atoms with Gasteiger partial charge in [0.05, 0.1) is 36.7 Å². The number of sulfonamides is 1. The summed E-state index contributed by atoms with van der Waals surface area (Å²) < 4.78 is 41.0. The van der Waals surface area contributed by atoms with Crippen molar-refractivity contribution in [3.63, 3.8) is 0 Å². The number of rotatable bonds is 6. The number of halogens is 1. The number of carbonyl (C=O) groups excluding carboxylic acids is 1. The average Bonchev–Trinajstić information content (AvgIpc) is 3.16. The van der Waals surface area contributed by atoms with Gasteiger partial charge in [-0.05, 0) is 42.7 Å². The Hall–Kier alpha value is -1.82. The fraction of sp³-hybridized carbons (Fsp3) is 0.480. The van der Waals surface area contributed by atoms with E-state index in [4.69, 9.17) is 9.47 Å². The van der Waals surface area contributed by atoms with Crippen LogP contribution in [-0.2, 0) is 30.8 Å². The first kappa shape index (κ1) is 24.9. The van der Waals surface area contributed by atoms with Gasteiger partial charge in [0.2, 0.25) is 15.9 Å². The van der Waals surface area contributed by atoms with Crippen molar-refractivity contribution in [1.29, 1.82) is 0 Å². The predicted molar refractivity (Wildman–Crippen MR) is 134 cm³/mol. The first-order valence-corrected chi connectivity index (χ1v) is 14.0. The minimum absolute atomic E-state index is 0.0421. The zero-order valence-corrected chi connectivity index (χ0v) is 22.1. The second-order valence-electron chi connectivity index (χ2n) is 9.63. The molecule has 2 aromatic rings. The van der Waals surface area contributed by atoms with E-state index in [1.807, 2.05) is 18.2 Å². The third-order valence-corrected chi connectivity index (χ3v) is 9.55. The third-order valence-electron chi connectivity index (χ3n) is 7.22. The molecule has 3 fully saturated rings. The molecule has 3 aliphatic heterocycles. The lowest BCUT2D eigenvalue weighted by Crippen LogP contribution is -2.65. The molecule has 3 heterocycles. The van der Waals surface area contributed by atoms with Crippen molar-refractivity contribution in [2.24, 2.45) is 0 Å². The second-order valence-corrected chi connectivity index (χ2v) is 12.5. The van der Waals surface area contributed by atoms with E-state index in [1.165, 1.54) is 9.87 Å². The number of hydrogen-bond donors (Lipinski definition) is 0. The van der Waals surface area contributed by atoms with Crippen LogP contribution in [0.1, 0.15) is 18.4 Å². The van der Waals surface area contributed by atoms with Gasteiger partial charge < -0.3 is 14.4 Å². The molecule has 3 saturated heterocycles. The van der Waals surface area contributed by atoms with E-state index in [0.717, 1.165) is 36.9 Å². The van der Waals surface area contributed by atoms with Crippen molar-refractivity contribution in [3.05, 3.63) is 64.6 Å². The van der Waals surface area contributed by atoms with Crippen molar-refractivity contribution in [2.45, 2.75) is 35.6 Å². The zero-order valence-electron chi connectivity index (χ0n) is 19.7. The number of piperidine rings is 1. The molecule has 8 nitrogen and oxygen atoms in total. The molecule has 5 rings (SSSR count). The van der Waals surface area contributed by atoms with Crippen molar-refractivity contribution >= 4 is 31.9 Å². The molecule has 1 atom stereocenters. The molecule has 0 aliphatic carbocycles. The Morgan fingerprint density at radius 1 is 1.03 bits per heavy atom. The van der Waals surface area contributed by atoms with Crippen LogP contribution in [0.2, 0.25) is 0 Å². The molecule has 188 valence electrons. The predicted octanol–water partition coefficient (Wildman–Crippen LogP) is 2.69. The number of piperazine rings is 1.